The molecule has 2 aliphatic heterocycles. The van der Waals surface area contributed by atoms with Crippen molar-refractivity contribution in [2.75, 3.05) is 12.3 Å². The molecule has 2 unspecified atom stereocenters. The van der Waals surface area contributed by atoms with Crippen LogP contribution in [0.3, 0.4) is 0 Å². The van der Waals surface area contributed by atoms with Gasteiger partial charge in [-0.3, -0.25) is 0 Å². The van der Waals surface area contributed by atoms with Gasteiger partial charge < -0.3 is 14.6 Å². The number of thiazole rings is 1. The molecule has 1 aromatic carbocycles. The highest BCUT2D eigenvalue weighted by Gasteiger charge is 2.42. The maximum Gasteiger partial charge on any atom is 0.370 e. The van der Waals surface area contributed by atoms with E-state index in [4.69, 9.17) is 11.6 Å². The molecule has 0 spiro atoms. The average molecular weight is 570 g/mol. The van der Waals surface area contributed by atoms with Gasteiger partial charge in [-0.15, -0.1) is 0 Å². The summed E-state index contributed by atoms with van der Waals surface area (Å²) < 4.78 is 37.8. The summed E-state index contributed by atoms with van der Waals surface area (Å²) in [6, 6.07) is 5.55. The lowest BCUT2D eigenvalue weighted by atomic mass is 10.3. The topological polar surface area (TPSA) is 102 Å². The zero-order valence-corrected chi connectivity index (χ0v) is 20.6. The third-order valence-corrected chi connectivity index (χ3v) is 9.74. The van der Waals surface area contributed by atoms with Crippen LogP contribution in [0.2, 0.25) is 0 Å². The first-order valence-electron chi connectivity index (χ1n) is 8.57. The molecule has 160 valence electrons. The largest absolute Gasteiger partial charge is 0.748 e. The minimum atomic E-state index is -4.37. The van der Waals surface area contributed by atoms with Crippen molar-refractivity contribution >= 4 is 94.8 Å². The predicted molar refractivity (Wildman–Crippen MR) is 123 cm³/mol. The van der Waals surface area contributed by atoms with Gasteiger partial charge in [0.2, 0.25) is 12.1 Å². The van der Waals surface area contributed by atoms with E-state index in [-0.39, 0.29) is 23.7 Å². The third-order valence-electron chi connectivity index (χ3n) is 4.50. The van der Waals surface area contributed by atoms with Crippen LogP contribution in [0.4, 0.5) is 0 Å². The van der Waals surface area contributed by atoms with Crippen molar-refractivity contribution < 1.29 is 27.4 Å². The highest BCUT2D eigenvalue weighted by atomic mass is 79.9. The molecule has 0 saturated carbocycles. The van der Waals surface area contributed by atoms with E-state index in [0.717, 1.165) is 24.7 Å². The molecule has 0 amide bonds. The number of thioether (sulfide) groups is 2. The lowest BCUT2D eigenvalue weighted by Crippen LogP contribution is -2.39. The van der Waals surface area contributed by atoms with Crippen LogP contribution in [0.25, 0.3) is 16.3 Å². The lowest BCUT2D eigenvalue weighted by Gasteiger charge is -2.24. The first-order valence-corrected chi connectivity index (χ1v) is 13.9. The number of rotatable bonds is 6. The van der Waals surface area contributed by atoms with Gasteiger partial charge in [0.05, 0.1) is 42.0 Å². The predicted octanol–water partition coefficient (Wildman–Crippen LogP) is 3.45. The summed E-state index contributed by atoms with van der Waals surface area (Å²) >= 11 is 14.0. The van der Waals surface area contributed by atoms with Gasteiger partial charge in [0.15, 0.2) is 0 Å². The zero-order chi connectivity index (χ0) is 21.6. The first kappa shape index (κ1) is 22.4. The van der Waals surface area contributed by atoms with Gasteiger partial charge in [-0.2, -0.15) is 4.57 Å². The smallest absolute Gasteiger partial charge is 0.370 e. The molecule has 1 fully saturated rings. The zero-order valence-electron chi connectivity index (χ0n) is 15.0. The Morgan fingerprint density at radius 3 is 2.87 bits per heavy atom. The lowest BCUT2D eigenvalue weighted by molar-refractivity contribution is -0.657. The molecule has 2 aromatic rings. The standard InChI is InChI=1S/C17H14BrClN2O5S4/c18-9-1-2-12-10(5-9)21(8-16(22)23)15(27-12)7-14-20(3-4-30(24,25)26)11-6-13(19)28-17(11)29-14/h1-2,5-7,11,17H,3-4,8H2,(H-,22,23,24,25,26). The number of fused-ring (bicyclic) bond motifs is 2. The molecular weight excluding hydrogens is 556 g/mol. The molecule has 1 aromatic heterocycles. The van der Waals surface area contributed by atoms with Crippen molar-refractivity contribution in [3.8, 4) is 0 Å². The molecule has 30 heavy (non-hydrogen) atoms. The summed E-state index contributed by atoms with van der Waals surface area (Å²) in [5.74, 6) is -1.48. The van der Waals surface area contributed by atoms with E-state index in [0.29, 0.717) is 4.36 Å². The second-order valence-corrected chi connectivity index (χ2v) is 13.3. The van der Waals surface area contributed by atoms with Gasteiger partial charge in [-0.05, 0) is 18.2 Å². The quantitative estimate of drug-likeness (QED) is 0.417. The van der Waals surface area contributed by atoms with Crippen LogP contribution in [-0.4, -0.2) is 51.9 Å². The summed E-state index contributed by atoms with van der Waals surface area (Å²) in [5.41, 5.74) is 0.790. The summed E-state index contributed by atoms with van der Waals surface area (Å²) in [6.45, 7) is -0.162. The van der Waals surface area contributed by atoms with Gasteiger partial charge >= 0.3 is 5.97 Å². The molecular formula is C17H14BrClN2O5S4. The normalized spacial score (nSPS) is 22.7. The monoisotopic (exact) mass is 568 g/mol. The fourth-order valence-corrected chi connectivity index (χ4v) is 8.50. The number of hydrogen-bond donors (Lipinski definition) is 1. The van der Waals surface area contributed by atoms with Crippen LogP contribution >= 0.6 is 62.4 Å². The van der Waals surface area contributed by atoms with E-state index in [9.17, 15) is 22.9 Å². The fraction of sp³-hybridized carbons (Fsp3) is 0.294. The average Bonchev–Trinajstić information content (AvgIpc) is 3.24. The van der Waals surface area contributed by atoms with Gasteiger partial charge in [0.1, 0.15) is 4.70 Å². The third kappa shape index (κ3) is 4.84. The van der Waals surface area contributed by atoms with E-state index in [1.54, 1.807) is 4.57 Å². The Bertz CT molecular complexity index is 1200. The van der Waals surface area contributed by atoms with Crippen LogP contribution in [0.1, 0.15) is 5.01 Å². The van der Waals surface area contributed by atoms with Crippen LogP contribution < -0.4 is 4.57 Å². The Morgan fingerprint density at radius 1 is 1.40 bits per heavy atom. The van der Waals surface area contributed by atoms with E-state index in [1.165, 1.54) is 34.9 Å². The molecule has 13 heteroatoms. The van der Waals surface area contributed by atoms with Gasteiger partial charge in [0.25, 0.3) is 5.01 Å². The first-order chi connectivity index (χ1) is 14.1. The van der Waals surface area contributed by atoms with Gasteiger partial charge in [-0.25, -0.2) is 13.2 Å². The molecule has 0 radical (unpaired) electrons. The van der Waals surface area contributed by atoms with E-state index >= 15 is 0 Å². The number of benzene rings is 1. The summed E-state index contributed by atoms with van der Waals surface area (Å²) in [7, 11) is -4.37. The Kier molecular flexibility index (Phi) is 6.46. The second kappa shape index (κ2) is 8.64. The minimum Gasteiger partial charge on any atom is -0.748 e. The number of aromatic nitrogens is 1. The Hall–Kier alpha value is -0.760. The van der Waals surface area contributed by atoms with Crippen molar-refractivity contribution in [1.29, 1.82) is 0 Å². The number of carboxylic acid groups (broad SMARTS) is 1. The molecule has 0 aliphatic carbocycles. The maximum absolute atomic E-state index is 11.5. The van der Waals surface area contributed by atoms with E-state index in [2.05, 4.69) is 15.9 Å². The molecule has 3 heterocycles. The Labute approximate surface area is 198 Å². The number of carboxylic acids is 1. The van der Waals surface area contributed by atoms with Crippen molar-refractivity contribution in [2.45, 2.75) is 17.2 Å². The summed E-state index contributed by atoms with van der Waals surface area (Å²) in [5, 5.41) is 10.9. The number of aliphatic carboxylic acids is 1. The highest BCUT2D eigenvalue weighted by Crippen LogP contribution is 2.53. The molecule has 0 bridgehead atoms. The number of halogens is 2. The molecule has 2 aliphatic rings. The molecule has 1 N–H and O–H groups in total. The van der Waals surface area contributed by atoms with Crippen LogP contribution in [0, 0.1) is 0 Å². The minimum absolute atomic E-state index is 0.0441. The van der Waals surface area contributed by atoms with Crippen molar-refractivity contribution in [3.63, 3.8) is 0 Å². The van der Waals surface area contributed by atoms with E-state index < -0.39 is 21.8 Å². The maximum atomic E-state index is 11.5. The number of carbonyl (C=O) groups is 1. The molecule has 4 rings (SSSR count). The van der Waals surface area contributed by atoms with Crippen molar-refractivity contribution in [3.05, 3.63) is 43.1 Å². The summed E-state index contributed by atoms with van der Waals surface area (Å²) in [6.07, 6.45) is 3.72. The number of hydrogen-bond acceptors (Lipinski definition) is 8. The fourth-order valence-electron chi connectivity index (χ4n) is 3.27. The second-order valence-electron chi connectivity index (χ2n) is 6.54. The van der Waals surface area contributed by atoms with Crippen molar-refractivity contribution in [2.24, 2.45) is 0 Å². The molecule has 2 atom stereocenters. The molecule has 1 saturated heterocycles. The Balaban J connectivity index is 1.76. The van der Waals surface area contributed by atoms with Crippen LogP contribution in [0.15, 0.2) is 38.1 Å². The van der Waals surface area contributed by atoms with E-state index in [1.807, 2.05) is 35.3 Å². The Morgan fingerprint density at radius 2 is 2.17 bits per heavy atom. The summed E-state index contributed by atoms with van der Waals surface area (Å²) in [4.78, 5) is 13.3. The highest BCUT2D eigenvalue weighted by molar-refractivity contribution is 9.10. The van der Waals surface area contributed by atoms with Gasteiger partial charge in [-0.1, -0.05) is 62.4 Å². The van der Waals surface area contributed by atoms with Crippen LogP contribution in [-0.2, 0) is 21.5 Å². The van der Waals surface area contributed by atoms with Crippen LogP contribution in [0.5, 0.6) is 0 Å². The van der Waals surface area contributed by atoms with Crippen molar-refractivity contribution in [1.82, 2.24) is 4.90 Å². The number of nitrogens with zero attached hydrogens (tertiary/aromatic N) is 2. The van der Waals surface area contributed by atoms with Gasteiger partial charge in [0, 0.05) is 17.1 Å². The molecule has 7 nitrogen and oxygen atoms in total. The SMILES string of the molecule is O=C(O)C[n+]1c(C=C2SC3SC(Cl)=CC3N2CCS(=O)(=O)[O-])sc2ccc(Br)cc21.